The number of ether oxygens (including phenoxy) is 1. The molecule has 25 heavy (non-hydrogen) atoms. The maximum Gasteiger partial charge on any atom is 0.335 e. The number of carboxylic acid groups (broad SMARTS) is 1. The van der Waals surface area contributed by atoms with Crippen LogP contribution >= 0.6 is 0 Å². The Morgan fingerprint density at radius 1 is 1.04 bits per heavy atom. The Kier molecular flexibility index (Phi) is 3.40. The minimum Gasteiger partial charge on any atom is -0.487 e. The van der Waals surface area contributed by atoms with Gasteiger partial charge in [-0.2, -0.15) is 0 Å². The molecule has 1 fully saturated rings. The van der Waals surface area contributed by atoms with E-state index in [1.54, 1.807) is 24.3 Å². The smallest absolute Gasteiger partial charge is 0.335 e. The second kappa shape index (κ2) is 5.39. The summed E-state index contributed by atoms with van der Waals surface area (Å²) >= 11 is 0. The van der Waals surface area contributed by atoms with Gasteiger partial charge in [0.1, 0.15) is 11.4 Å². The SMILES string of the molecule is CC1(C)CC2(CC2)Oc2ccc(C#Cc3ccc(C(=O)O)cc3)cc21. The van der Waals surface area contributed by atoms with E-state index in [0.717, 1.165) is 36.1 Å². The molecule has 2 aliphatic rings. The van der Waals surface area contributed by atoms with Gasteiger partial charge in [-0.15, -0.1) is 0 Å². The van der Waals surface area contributed by atoms with Crippen molar-refractivity contribution in [3.63, 3.8) is 0 Å². The Labute approximate surface area is 147 Å². The molecule has 1 heterocycles. The summed E-state index contributed by atoms with van der Waals surface area (Å²) in [7, 11) is 0. The highest BCUT2D eigenvalue weighted by Crippen LogP contribution is 2.54. The number of rotatable bonds is 1. The fourth-order valence-corrected chi connectivity index (χ4v) is 3.65. The topological polar surface area (TPSA) is 46.5 Å². The molecule has 4 rings (SSSR count). The van der Waals surface area contributed by atoms with Gasteiger partial charge in [-0.05, 0) is 67.1 Å². The predicted octanol–water partition coefficient (Wildman–Crippen LogP) is 4.38. The van der Waals surface area contributed by atoms with Gasteiger partial charge in [0.2, 0.25) is 0 Å². The van der Waals surface area contributed by atoms with E-state index < -0.39 is 5.97 Å². The lowest BCUT2D eigenvalue weighted by molar-refractivity contribution is 0.0697. The van der Waals surface area contributed by atoms with Crippen molar-refractivity contribution in [2.24, 2.45) is 0 Å². The molecule has 126 valence electrons. The van der Waals surface area contributed by atoms with E-state index in [9.17, 15) is 4.79 Å². The molecule has 2 aromatic rings. The molecule has 0 saturated heterocycles. The van der Waals surface area contributed by atoms with Crippen molar-refractivity contribution in [1.82, 2.24) is 0 Å². The first-order valence-electron chi connectivity index (χ1n) is 8.56. The summed E-state index contributed by atoms with van der Waals surface area (Å²) in [5, 5.41) is 8.94. The maximum absolute atomic E-state index is 10.9. The van der Waals surface area contributed by atoms with E-state index >= 15 is 0 Å². The van der Waals surface area contributed by atoms with Crippen LogP contribution < -0.4 is 4.74 Å². The minimum absolute atomic E-state index is 0.0790. The molecule has 3 nitrogen and oxygen atoms in total. The second-order valence-corrected chi connectivity index (χ2v) is 7.69. The van der Waals surface area contributed by atoms with Crippen molar-refractivity contribution in [1.29, 1.82) is 0 Å². The number of fused-ring (bicyclic) bond motifs is 1. The monoisotopic (exact) mass is 332 g/mol. The second-order valence-electron chi connectivity index (χ2n) is 7.69. The highest BCUT2D eigenvalue weighted by molar-refractivity contribution is 5.87. The summed E-state index contributed by atoms with van der Waals surface area (Å²) in [6, 6.07) is 12.8. The van der Waals surface area contributed by atoms with Crippen LogP contribution in [0.15, 0.2) is 42.5 Å². The van der Waals surface area contributed by atoms with Crippen LogP contribution in [0.4, 0.5) is 0 Å². The Hall–Kier alpha value is -2.73. The lowest BCUT2D eigenvalue weighted by Crippen LogP contribution is -2.35. The van der Waals surface area contributed by atoms with E-state index in [0.29, 0.717) is 0 Å². The van der Waals surface area contributed by atoms with Crippen LogP contribution in [0, 0.1) is 11.8 Å². The molecule has 1 saturated carbocycles. The van der Waals surface area contributed by atoms with Gasteiger partial charge in [0, 0.05) is 16.7 Å². The molecule has 0 amide bonds. The zero-order valence-electron chi connectivity index (χ0n) is 14.4. The normalized spacial score (nSPS) is 18.5. The molecular formula is C22H20O3. The van der Waals surface area contributed by atoms with Crippen molar-refractivity contribution < 1.29 is 14.6 Å². The summed E-state index contributed by atoms with van der Waals surface area (Å²) in [5.74, 6) is 6.35. The number of carbonyl (C=O) groups is 1. The zero-order valence-corrected chi connectivity index (χ0v) is 14.4. The molecule has 0 unspecified atom stereocenters. The molecule has 0 aromatic heterocycles. The van der Waals surface area contributed by atoms with Crippen molar-refractivity contribution in [3.8, 4) is 17.6 Å². The molecule has 1 spiro atoms. The van der Waals surface area contributed by atoms with E-state index in [-0.39, 0.29) is 16.6 Å². The van der Waals surface area contributed by atoms with Gasteiger partial charge in [0.15, 0.2) is 0 Å². The van der Waals surface area contributed by atoms with E-state index in [1.165, 1.54) is 5.56 Å². The van der Waals surface area contributed by atoms with Crippen molar-refractivity contribution in [3.05, 3.63) is 64.7 Å². The van der Waals surface area contributed by atoms with Gasteiger partial charge in [-0.25, -0.2) is 4.79 Å². The summed E-state index contributed by atoms with van der Waals surface area (Å²) < 4.78 is 6.22. The number of aromatic carboxylic acids is 1. The molecular weight excluding hydrogens is 312 g/mol. The Morgan fingerprint density at radius 2 is 1.68 bits per heavy atom. The van der Waals surface area contributed by atoms with E-state index in [4.69, 9.17) is 9.84 Å². The summed E-state index contributed by atoms with van der Waals surface area (Å²) in [6.07, 6.45) is 3.37. The van der Waals surface area contributed by atoms with Gasteiger partial charge in [-0.1, -0.05) is 25.7 Å². The molecule has 0 bridgehead atoms. The van der Waals surface area contributed by atoms with Gasteiger partial charge in [0.25, 0.3) is 0 Å². The third kappa shape index (κ3) is 3.00. The van der Waals surface area contributed by atoms with Crippen molar-refractivity contribution in [2.45, 2.75) is 44.1 Å². The predicted molar refractivity (Wildman–Crippen MR) is 96.1 cm³/mol. The molecule has 1 aliphatic heterocycles. The van der Waals surface area contributed by atoms with Crippen LogP contribution in [-0.2, 0) is 5.41 Å². The highest BCUT2D eigenvalue weighted by atomic mass is 16.5. The van der Waals surface area contributed by atoms with Crippen molar-refractivity contribution >= 4 is 5.97 Å². The van der Waals surface area contributed by atoms with E-state index in [2.05, 4.69) is 31.8 Å². The van der Waals surface area contributed by atoms with Gasteiger partial charge < -0.3 is 9.84 Å². The van der Waals surface area contributed by atoms with Gasteiger partial charge in [0.05, 0.1) is 5.56 Å². The zero-order chi connectivity index (χ0) is 17.7. The third-order valence-electron chi connectivity index (χ3n) is 5.09. The fraction of sp³-hybridized carbons (Fsp3) is 0.318. The van der Waals surface area contributed by atoms with Crippen LogP contribution in [0.25, 0.3) is 0 Å². The molecule has 1 aliphatic carbocycles. The van der Waals surface area contributed by atoms with Crippen LogP contribution in [0.1, 0.15) is 60.2 Å². The Balaban J connectivity index is 1.62. The first-order chi connectivity index (χ1) is 11.9. The lowest BCUT2D eigenvalue weighted by atomic mass is 9.76. The number of hydrogen-bond acceptors (Lipinski definition) is 2. The lowest BCUT2D eigenvalue weighted by Gasteiger charge is -2.38. The van der Waals surface area contributed by atoms with Gasteiger partial charge >= 0.3 is 5.97 Å². The highest BCUT2D eigenvalue weighted by Gasteiger charge is 2.52. The van der Waals surface area contributed by atoms with E-state index in [1.807, 2.05) is 12.1 Å². The first-order valence-corrected chi connectivity index (χ1v) is 8.56. The Morgan fingerprint density at radius 3 is 2.32 bits per heavy atom. The van der Waals surface area contributed by atoms with Crippen LogP contribution in [-0.4, -0.2) is 16.7 Å². The quantitative estimate of drug-likeness (QED) is 0.789. The third-order valence-corrected chi connectivity index (χ3v) is 5.09. The number of carboxylic acids is 1. The average Bonchev–Trinajstić information content (AvgIpc) is 3.31. The fourth-order valence-electron chi connectivity index (χ4n) is 3.65. The summed E-state index contributed by atoms with van der Waals surface area (Å²) in [6.45, 7) is 4.55. The summed E-state index contributed by atoms with van der Waals surface area (Å²) in [5.41, 5.74) is 3.41. The standard InChI is InChI=1S/C22H20O3/c1-21(2)14-22(11-12-22)25-19-10-7-16(13-18(19)21)4-3-15-5-8-17(9-6-15)20(23)24/h5-10,13H,11-12,14H2,1-2H3,(H,23,24). The van der Waals surface area contributed by atoms with Crippen LogP contribution in [0.2, 0.25) is 0 Å². The Bertz CT molecular complexity index is 907. The van der Waals surface area contributed by atoms with Crippen LogP contribution in [0.3, 0.4) is 0 Å². The van der Waals surface area contributed by atoms with Crippen molar-refractivity contribution in [2.75, 3.05) is 0 Å². The molecule has 1 N–H and O–H groups in total. The molecule has 3 heteroatoms. The van der Waals surface area contributed by atoms with Gasteiger partial charge in [-0.3, -0.25) is 0 Å². The first kappa shape index (κ1) is 15.8. The molecule has 2 aromatic carbocycles. The maximum atomic E-state index is 10.9. The summed E-state index contributed by atoms with van der Waals surface area (Å²) in [4.78, 5) is 10.9. The number of hydrogen-bond donors (Lipinski definition) is 1. The molecule has 0 atom stereocenters. The number of benzene rings is 2. The average molecular weight is 332 g/mol. The minimum atomic E-state index is -0.926. The van der Waals surface area contributed by atoms with Crippen LogP contribution in [0.5, 0.6) is 5.75 Å². The molecule has 0 radical (unpaired) electrons. The largest absolute Gasteiger partial charge is 0.487 e.